The second kappa shape index (κ2) is 21.1. The van der Waals surface area contributed by atoms with E-state index in [-0.39, 0.29) is 24.2 Å². The number of benzene rings is 4. The fourth-order valence-corrected chi connectivity index (χ4v) is 6.79. The van der Waals surface area contributed by atoms with Crippen LogP contribution in [0.5, 0.6) is 17.2 Å². The fourth-order valence-electron chi connectivity index (χ4n) is 6.60. The minimum absolute atomic E-state index is 0.144. The molecule has 0 aliphatic carbocycles. The summed E-state index contributed by atoms with van der Waals surface area (Å²) in [4.78, 5) is 57.7. The number of rotatable bonds is 15. The largest absolute Gasteiger partial charge is 0.496 e. The summed E-state index contributed by atoms with van der Waals surface area (Å²) < 4.78 is 16.2. The van der Waals surface area contributed by atoms with Gasteiger partial charge in [-0.3, -0.25) is 19.2 Å². The maximum atomic E-state index is 13.0. The van der Waals surface area contributed by atoms with Crippen LogP contribution in [0.25, 0.3) is 22.5 Å². The average molecular weight is 845 g/mol. The van der Waals surface area contributed by atoms with Crippen LogP contribution in [0.2, 0.25) is 5.02 Å². The van der Waals surface area contributed by atoms with Gasteiger partial charge in [-0.1, -0.05) is 84.4 Å². The molecule has 4 N–H and O–H groups in total. The smallest absolute Gasteiger partial charge is 0.305 e. The fraction of sp³-hybridized carbons (Fsp3) is 0.191. The first-order valence-corrected chi connectivity index (χ1v) is 19.4. The Labute approximate surface area is 358 Å². The molecule has 2 heterocycles. The summed E-state index contributed by atoms with van der Waals surface area (Å²) in [6.45, 7) is 3.75. The summed E-state index contributed by atoms with van der Waals surface area (Å²) in [5.41, 5.74) is 5.89. The van der Waals surface area contributed by atoms with E-state index in [9.17, 15) is 29.4 Å². The number of aliphatic carboxylic acids is 2. The zero-order valence-corrected chi connectivity index (χ0v) is 34.9. The number of aromatic nitrogens is 2. The number of ether oxygens (including phenoxy) is 3. The lowest BCUT2D eigenvalue weighted by Crippen LogP contribution is -2.31. The Balaban J connectivity index is 0.000000231. The van der Waals surface area contributed by atoms with Gasteiger partial charge in [0.1, 0.15) is 40.0 Å². The van der Waals surface area contributed by atoms with E-state index in [1.54, 1.807) is 49.6 Å². The molecule has 2 atom stereocenters. The van der Waals surface area contributed by atoms with Gasteiger partial charge in [0.15, 0.2) is 0 Å². The van der Waals surface area contributed by atoms with Gasteiger partial charge >= 0.3 is 11.9 Å². The molecule has 6 aromatic rings. The molecule has 0 saturated heterocycles. The van der Waals surface area contributed by atoms with Gasteiger partial charge in [0.2, 0.25) is 0 Å². The number of carboxylic acid groups (broad SMARTS) is 2. The first-order chi connectivity index (χ1) is 29.3. The molecule has 0 radical (unpaired) electrons. The van der Waals surface area contributed by atoms with Gasteiger partial charge in [0.25, 0.3) is 11.8 Å². The number of carbonyl (C=O) groups is 4. The Morgan fingerprint density at radius 2 is 1.03 bits per heavy atom. The van der Waals surface area contributed by atoms with Crippen molar-refractivity contribution < 1.29 is 43.6 Å². The highest BCUT2D eigenvalue weighted by Crippen LogP contribution is 2.35. The number of nitrogens with zero attached hydrogens (tertiary/aromatic N) is 2. The minimum Gasteiger partial charge on any atom is -0.496 e. The lowest BCUT2D eigenvalue weighted by atomic mass is 9.98. The third kappa shape index (κ3) is 11.7. The summed E-state index contributed by atoms with van der Waals surface area (Å²) >= 11 is 6.09. The first-order valence-electron chi connectivity index (χ1n) is 19.0. The number of hydrogen-bond donors (Lipinski definition) is 4. The van der Waals surface area contributed by atoms with E-state index in [4.69, 9.17) is 25.8 Å². The number of halogens is 1. The predicted octanol–water partition coefficient (Wildman–Crippen LogP) is 8.68. The van der Waals surface area contributed by atoms with Crippen LogP contribution in [0.4, 0.5) is 0 Å². The van der Waals surface area contributed by atoms with Crippen molar-refractivity contribution in [3.05, 3.63) is 160 Å². The number of methoxy groups -OCH3 is 3. The second-order valence-corrected chi connectivity index (χ2v) is 14.1. The summed E-state index contributed by atoms with van der Waals surface area (Å²) in [5, 5.41) is 24.8. The van der Waals surface area contributed by atoms with E-state index >= 15 is 0 Å². The standard InChI is InChI=1S/C24H24N2O5.C23H21ClN2O4/c1-15-8-4-5-9-16(15)19(14-22(27)28)26-24(29)18-12-13-21(31-3)23(25-18)17-10-6-7-11-20(17)30-2;1-14-6-3-4-9-17(14)19(13-21(27)28)26-23(29)18-10-11-20(30-2)22(25-18)15-7-5-8-16(24)12-15/h4-13,19H,14H2,1-3H3,(H,26,29)(H,27,28);3-12,19H,13H2,1-2H3,(H,26,29)(H,27,28)/t2*19-/m00/s1. The summed E-state index contributed by atoms with van der Waals surface area (Å²) in [6.07, 6.45) is -0.486. The second-order valence-electron chi connectivity index (χ2n) is 13.7. The number of pyridine rings is 2. The van der Waals surface area contributed by atoms with Gasteiger partial charge in [0, 0.05) is 16.1 Å². The maximum Gasteiger partial charge on any atom is 0.305 e. The van der Waals surface area contributed by atoms with Crippen LogP contribution < -0.4 is 24.8 Å². The molecule has 0 unspecified atom stereocenters. The van der Waals surface area contributed by atoms with Crippen LogP contribution in [-0.2, 0) is 9.59 Å². The Morgan fingerprint density at radius 3 is 1.51 bits per heavy atom. The summed E-state index contributed by atoms with van der Waals surface area (Å²) in [7, 11) is 4.60. The first kappa shape index (κ1) is 44.8. The molecule has 314 valence electrons. The molecule has 0 aliphatic rings. The van der Waals surface area contributed by atoms with Gasteiger partial charge < -0.3 is 35.1 Å². The van der Waals surface area contributed by atoms with Gasteiger partial charge in [0.05, 0.1) is 46.3 Å². The normalized spacial score (nSPS) is 11.5. The molecule has 0 bridgehead atoms. The van der Waals surface area contributed by atoms with Crippen molar-refractivity contribution in [1.82, 2.24) is 20.6 Å². The molecule has 0 spiro atoms. The Bertz CT molecular complexity index is 2530. The van der Waals surface area contributed by atoms with E-state index in [0.717, 1.165) is 22.3 Å². The highest BCUT2D eigenvalue weighted by molar-refractivity contribution is 6.30. The van der Waals surface area contributed by atoms with Crippen LogP contribution in [0, 0.1) is 13.8 Å². The molecule has 0 fully saturated rings. The average Bonchev–Trinajstić information content (AvgIpc) is 3.25. The number of carboxylic acids is 2. The Morgan fingerprint density at radius 1 is 0.574 bits per heavy atom. The number of carbonyl (C=O) groups excluding carboxylic acids is 2. The van der Waals surface area contributed by atoms with Crippen LogP contribution >= 0.6 is 11.6 Å². The molecule has 4 aromatic carbocycles. The van der Waals surface area contributed by atoms with Crippen molar-refractivity contribution in [2.24, 2.45) is 0 Å². The zero-order valence-electron chi connectivity index (χ0n) is 34.1. The molecule has 2 aromatic heterocycles. The third-order valence-electron chi connectivity index (χ3n) is 9.58. The van der Waals surface area contributed by atoms with Crippen molar-refractivity contribution in [3.63, 3.8) is 0 Å². The quantitative estimate of drug-likeness (QED) is 0.0775. The molecule has 2 amide bonds. The number of para-hydroxylation sites is 1. The van der Waals surface area contributed by atoms with Crippen molar-refractivity contribution in [1.29, 1.82) is 0 Å². The lowest BCUT2D eigenvalue weighted by Gasteiger charge is -2.20. The van der Waals surface area contributed by atoms with Crippen LogP contribution in [-0.4, -0.2) is 65.3 Å². The Hall–Kier alpha value is -7.25. The van der Waals surface area contributed by atoms with Crippen LogP contribution in [0.3, 0.4) is 0 Å². The van der Waals surface area contributed by atoms with Crippen LogP contribution in [0.15, 0.2) is 121 Å². The molecule has 6 rings (SSSR count). The predicted molar refractivity (Wildman–Crippen MR) is 231 cm³/mol. The van der Waals surface area contributed by atoms with E-state index in [1.807, 2.05) is 86.6 Å². The number of amides is 2. The molecular formula is C47H45ClN4O9. The zero-order chi connectivity index (χ0) is 44.1. The van der Waals surface area contributed by atoms with Gasteiger partial charge in [-0.25, -0.2) is 9.97 Å². The molecule has 61 heavy (non-hydrogen) atoms. The molecule has 0 aliphatic heterocycles. The monoisotopic (exact) mass is 844 g/mol. The SMILES string of the molecule is COc1ccc(C(=O)N[C@@H](CC(=O)O)c2ccccc2C)nc1-c1cccc(Cl)c1.COc1ccccc1-c1nc(C(=O)N[C@@H](CC(=O)O)c2ccccc2C)ccc1OC. The van der Waals surface area contributed by atoms with Crippen molar-refractivity contribution in [2.45, 2.75) is 38.8 Å². The van der Waals surface area contributed by atoms with Crippen molar-refractivity contribution in [2.75, 3.05) is 21.3 Å². The molecule has 14 heteroatoms. The summed E-state index contributed by atoms with van der Waals surface area (Å²) in [5.74, 6) is -1.40. The molecule has 13 nitrogen and oxygen atoms in total. The van der Waals surface area contributed by atoms with Gasteiger partial charge in [-0.05, 0) is 84.6 Å². The van der Waals surface area contributed by atoms with E-state index < -0.39 is 35.8 Å². The number of aryl methyl sites for hydroxylation is 2. The third-order valence-corrected chi connectivity index (χ3v) is 9.81. The topological polar surface area (TPSA) is 186 Å². The van der Waals surface area contributed by atoms with E-state index in [2.05, 4.69) is 20.6 Å². The van der Waals surface area contributed by atoms with Crippen molar-refractivity contribution in [3.8, 4) is 39.8 Å². The van der Waals surface area contributed by atoms with Gasteiger partial charge in [-0.15, -0.1) is 0 Å². The van der Waals surface area contributed by atoms with Crippen molar-refractivity contribution >= 4 is 35.4 Å². The van der Waals surface area contributed by atoms with E-state index in [0.29, 0.717) is 44.8 Å². The van der Waals surface area contributed by atoms with E-state index in [1.165, 1.54) is 20.3 Å². The minimum atomic E-state index is -1.01. The number of hydrogen-bond acceptors (Lipinski definition) is 9. The molecular weight excluding hydrogens is 800 g/mol. The molecule has 0 saturated carbocycles. The van der Waals surface area contributed by atoms with Gasteiger partial charge in [-0.2, -0.15) is 0 Å². The lowest BCUT2D eigenvalue weighted by molar-refractivity contribution is -0.138. The number of nitrogens with one attached hydrogen (secondary N) is 2. The summed E-state index contributed by atoms with van der Waals surface area (Å²) in [6, 6.07) is 34.1. The Kier molecular flexibility index (Phi) is 15.5. The highest BCUT2D eigenvalue weighted by Gasteiger charge is 2.24. The highest BCUT2D eigenvalue weighted by atomic mass is 35.5. The maximum absolute atomic E-state index is 13.0. The van der Waals surface area contributed by atoms with Crippen LogP contribution in [0.1, 0.15) is 68.2 Å².